The monoisotopic (exact) mass is 287 g/mol. The maximum absolute atomic E-state index is 13.7. The fraction of sp³-hybridized carbons (Fsp3) is 0.200. The Morgan fingerprint density at radius 3 is 2.45 bits per heavy atom. The number of rotatable bonds is 1. The molecule has 1 aromatic carbocycles. The Labute approximate surface area is 117 Å². The van der Waals surface area contributed by atoms with E-state index in [-0.39, 0.29) is 11.4 Å². The van der Waals surface area contributed by atoms with Gasteiger partial charge in [-0.05, 0) is 6.07 Å². The van der Waals surface area contributed by atoms with Gasteiger partial charge in [-0.3, -0.25) is 4.79 Å². The van der Waals surface area contributed by atoms with Gasteiger partial charge in [0.2, 0.25) is 12.9 Å². The molecule has 102 valence electrons. The quantitative estimate of drug-likeness (QED) is 0.482. The van der Waals surface area contributed by atoms with Crippen molar-refractivity contribution in [1.82, 2.24) is 0 Å². The van der Waals surface area contributed by atoms with E-state index in [9.17, 15) is 9.36 Å². The summed E-state index contributed by atoms with van der Waals surface area (Å²) in [5.41, 5.74) is 1.32. The van der Waals surface area contributed by atoms with E-state index in [2.05, 4.69) is 0 Å². The zero-order valence-electron chi connectivity index (χ0n) is 11.4. The maximum atomic E-state index is 13.7. The van der Waals surface area contributed by atoms with Crippen molar-refractivity contribution in [2.24, 2.45) is 0 Å². The minimum atomic E-state index is -2.92. The summed E-state index contributed by atoms with van der Waals surface area (Å²) in [6.07, 6.45) is 1.63. The Balaban J connectivity index is 2.48. The Kier molecular flexibility index (Phi) is 2.80. The predicted molar refractivity (Wildman–Crippen MR) is 78.7 cm³/mol. The first-order valence-electron chi connectivity index (χ1n) is 6.52. The second-order valence-corrected chi connectivity index (χ2v) is 8.50. The lowest BCUT2D eigenvalue weighted by molar-refractivity contribution is -0.620. The minimum Gasteiger partial charge on any atom is -0.307 e. The first-order valence-corrected chi connectivity index (χ1v) is 8.30. The maximum Gasteiger partial charge on any atom is 0.283 e. The lowest BCUT2D eigenvalue weighted by atomic mass is 10.0. The molecule has 0 spiro atoms. The standard InChI is InChI=1S/C15H16N2O2P/c1-10(2)20(19)13-8-4-3-6-11(13)14(18)12-7-5-9-17(16)15(12)20/h3-10H,16H2,1-2H3/q+1. The molecule has 1 aliphatic heterocycles. The first kappa shape index (κ1) is 13.1. The number of fused-ring (bicyclic) bond motifs is 2. The minimum absolute atomic E-state index is 0.109. The van der Waals surface area contributed by atoms with E-state index in [4.69, 9.17) is 5.84 Å². The highest BCUT2D eigenvalue weighted by Gasteiger charge is 2.48. The van der Waals surface area contributed by atoms with Crippen LogP contribution in [0.25, 0.3) is 0 Å². The van der Waals surface area contributed by atoms with Crippen molar-refractivity contribution in [2.75, 3.05) is 5.84 Å². The third-order valence-electron chi connectivity index (χ3n) is 3.79. The van der Waals surface area contributed by atoms with Crippen LogP contribution < -0.4 is 21.3 Å². The summed E-state index contributed by atoms with van der Waals surface area (Å²) in [6, 6.07) is 10.5. The van der Waals surface area contributed by atoms with Gasteiger partial charge in [-0.1, -0.05) is 42.8 Å². The van der Waals surface area contributed by atoms with Gasteiger partial charge in [0.1, 0.15) is 5.56 Å². The Morgan fingerprint density at radius 1 is 1.10 bits per heavy atom. The highest BCUT2D eigenvalue weighted by Crippen LogP contribution is 2.51. The van der Waals surface area contributed by atoms with Gasteiger partial charge >= 0.3 is 0 Å². The number of hydrogen-bond acceptors (Lipinski definition) is 3. The molecule has 1 aliphatic rings. The van der Waals surface area contributed by atoms with Crippen LogP contribution in [-0.4, -0.2) is 11.4 Å². The van der Waals surface area contributed by atoms with Crippen LogP contribution in [0.2, 0.25) is 0 Å². The molecule has 0 aliphatic carbocycles. The van der Waals surface area contributed by atoms with E-state index in [1.165, 1.54) is 4.68 Å². The zero-order chi connectivity index (χ0) is 14.5. The number of hydrogen-bond donors (Lipinski definition) is 1. The molecule has 3 rings (SSSR count). The second-order valence-electron chi connectivity index (χ2n) is 5.25. The molecule has 1 aromatic heterocycles. The van der Waals surface area contributed by atoms with Crippen LogP contribution in [-0.2, 0) is 4.57 Å². The number of nitrogens with two attached hydrogens (primary N) is 1. The van der Waals surface area contributed by atoms with Crippen molar-refractivity contribution in [3.05, 3.63) is 53.7 Å². The largest absolute Gasteiger partial charge is 0.307 e. The van der Waals surface area contributed by atoms with E-state index in [0.29, 0.717) is 21.9 Å². The van der Waals surface area contributed by atoms with E-state index in [1.807, 2.05) is 19.9 Å². The van der Waals surface area contributed by atoms with Gasteiger partial charge in [-0.2, -0.15) is 0 Å². The summed E-state index contributed by atoms with van der Waals surface area (Å²) in [4.78, 5) is 12.6. The van der Waals surface area contributed by atoms with Crippen LogP contribution >= 0.6 is 7.14 Å². The number of carbonyl (C=O) groups excluding carboxylic acids is 1. The molecule has 4 nitrogen and oxygen atoms in total. The molecular formula is C15H16N2O2P+. The summed E-state index contributed by atoms with van der Waals surface area (Å²) in [5, 5.41) is 0.623. The molecule has 0 saturated heterocycles. The normalized spacial score (nSPS) is 20.6. The Hall–Kier alpha value is -1.93. The van der Waals surface area contributed by atoms with Crippen molar-refractivity contribution < 1.29 is 14.0 Å². The second kappa shape index (κ2) is 4.29. The number of ketones is 1. The van der Waals surface area contributed by atoms with E-state index >= 15 is 0 Å². The van der Waals surface area contributed by atoms with Gasteiger partial charge in [0.25, 0.3) is 5.44 Å². The van der Waals surface area contributed by atoms with Crippen molar-refractivity contribution in [3.63, 3.8) is 0 Å². The summed E-state index contributed by atoms with van der Waals surface area (Å²) >= 11 is 0. The Morgan fingerprint density at radius 2 is 1.75 bits per heavy atom. The molecule has 0 radical (unpaired) electrons. The predicted octanol–water partition coefficient (Wildman–Crippen LogP) is 0.955. The fourth-order valence-electron chi connectivity index (χ4n) is 2.78. The molecule has 0 bridgehead atoms. The number of pyridine rings is 1. The molecule has 0 amide bonds. The van der Waals surface area contributed by atoms with Crippen molar-refractivity contribution in [3.8, 4) is 0 Å². The highest BCUT2D eigenvalue weighted by molar-refractivity contribution is 7.79. The van der Waals surface area contributed by atoms with Crippen LogP contribution in [0.3, 0.4) is 0 Å². The highest BCUT2D eigenvalue weighted by atomic mass is 31.2. The van der Waals surface area contributed by atoms with Gasteiger partial charge < -0.3 is 4.57 Å². The molecular weight excluding hydrogens is 271 g/mol. The third kappa shape index (κ3) is 1.52. The number of benzene rings is 1. The topological polar surface area (TPSA) is 64.0 Å². The average Bonchev–Trinajstić information content (AvgIpc) is 2.44. The molecule has 20 heavy (non-hydrogen) atoms. The van der Waals surface area contributed by atoms with Gasteiger partial charge in [-0.25, -0.2) is 5.84 Å². The van der Waals surface area contributed by atoms with Crippen LogP contribution in [0, 0.1) is 0 Å². The third-order valence-corrected chi connectivity index (χ3v) is 7.45. The van der Waals surface area contributed by atoms with Gasteiger partial charge in [0.15, 0.2) is 6.20 Å². The van der Waals surface area contributed by atoms with Crippen molar-refractivity contribution in [2.45, 2.75) is 19.5 Å². The number of carbonyl (C=O) groups is 1. The van der Waals surface area contributed by atoms with Crippen LogP contribution in [0.15, 0.2) is 42.6 Å². The summed E-state index contributed by atoms with van der Waals surface area (Å²) < 4.78 is 15.0. The average molecular weight is 287 g/mol. The van der Waals surface area contributed by atoms with Crippen molar-refractivity contribution in [1.29, 1.82) is 0 Å². The Bertz CT molecular complexity index is 768. The van der Waals surface area contributed by atoms with E-state index in [0.717, 1.165) is 0 Å². The van der Waals surface area contributed by atoms with Gasteiger partial charge in [0.05, 0.1) is 0 Å². The lowest BCUT2D eigenvalue weighted by Crippen LogP contribution is -2.61. The van der Waals surface area contributed by atoms with E-state index in [1.54, 1.807) is 36.5 Å². The van der Waals surface area contributed by atoms with Crippen molar-refractivity contribution >= 4 is 23.7 Å². The van der Waals surface area contributed by atoms with Crippen LogP contribution in [0.5, 0.6) is 0 Å². The smallest absolute Gasteiger partial charge is 0.283 e. The molecule has 2 heterocycles. The first-order chi connectivity index (χ1) is 9.48. The molecule has 2 N–H and O–H groups in total. The summed E-state index contributed by atoms with van der Waals surface area (Å²) in [6.45, 7) is 3.81. The molecule has 0 fully saturated rings. The summed E-state index contributed by atoms with van der Waals surface area (Å²) in [7, 11) is -2.92. The molecule has 1 atom stereocenters. The fourth-order valence-corrected chi connectivity index (χ4v) is 5.84. The zero-order valence-corrected chi connectivity index (χ0v) is 12.3. The van der Waals surface area contributed by atoms with E-state index < -0.39 is 7.14 Å². The molecule has 2 aromatic rings. The number of nitrogens with zero attached hydrogens (tertiary/aromatic N) is 1. The SMILES string of the molecule is CC(C)P1(=O)c2ccccc2C(=O)c2ccc[n+](N)c21. The number of nitrogen functional groups attached to an aromatic ring is 1. The molecule has 0 saturated carbocycles. The molecule has 1 unspecified atom stereocenters. The number of aromatic nitrogens is 1. The lowest BCUT2D eigenvalue weighted by Gasteiger charge is -2.26. The van der Waals surface area contributed by atoms with Gasteiger partial charge in [-0.15, -0.1) is 0 Å². The van der Waals surface area contributed by atoms with Crippen LogP contribution in [0.4, 0.5) is 0 Å². The summed E-state index contributed by atoms with van der Waals surface area (Å²) in [5.74, 6) is 5.86. The van der Waals surface area contributed by atoms with Crippen LogP contribution in [0.1, 0.15) is 29.8 Å². The molecule has 5 heteroatoms. The van der Waals surface area contributed by atoms with Gasteiger partial charge in [0, 0.05) is 22.6 Å².